The van der Waals surface area contributed by atoms with Crippen molar-refractivity contribution in [1.82, 2.24) is 20.5 Å². The third-order valence-electron chi connectivity index (χ3n) is 3.13. The highest BCUT2D eigenvalue weighted by Gasteiger charge is 2.18. The van der Waals surface area contributed by atoms with Crippen LogP contribution in [0.2, 0.25) is 5.02 Å². The molecule has 1 N–H and O–H groups in total. The SMILES string of the molecule is O=C(NC[C@H]1CCCO1)c1nnc2ccc(Cl)cc2n1. The van der Waals surface area contributed by atoms with E-state index in [9.17, 15) is 4.79 Å². The molecule has 1 aromatic carbocycles. The lowest BCUT2D eigenvalue weighted by Gasteiger charge is -2.09. The van der Waals surface area contributed by atoms with Gasteiger partial charge in [-0.1, -0.05) is 11.6 Å². The molecule has 1 amide bonds. The number of nitrogens with zero attached hydrogens (tertiary/aromatic N) is 3. The molecular weight excluding hydrogens is 280 g/mol. The third kappa shape index (κ3) is 2.86. The van der Waals surface area contributed by atoms with Gasteiger partial charge in [0.15, 0.2) is 0 Å². The quantitative estimate of drug-likeness (QED) is 0.929. The predicted molar refractivity (Wildman–Crippen MR) is 73.7 cm³/mol. The molecule has 7 heteroatoms. The fourth-order valence-corrected chi connectivity index (χ4v) is 2.26. The highest BCUT2D eigenvalue weighted by molar-refractivity contribution is 6.31. The molecule has 1 aliphatic rings. The van der Waals surface area contributed by atoms with Crippen LogP contribution in [-0.4, -0.2) is 40.3 Å². The van der Waals surface area contributed by atoms with Crippen LogP contribution in [0.25, 0.3) is 11.0 Å². The molecule has 2 heterocycles. The molecule has 20 heavy (non-hydrogen) atoms. The van der Waals surface area contributed by atoms with Gasteiger partial charge in [-0.15, -0.1) is 10.2 Å². The van der Waals surface area contributed by atoms with Gasteiger partial charge in [-0.05, 0) is 31.0 Å². The standard InChI is InChI=1S/C13H13ClN4O2/c14-8-3-4-10-11(6-8)16-12(18-17-10)13(19)15-7-9-2-1-5-20-9/h3-4,6,9H,1-2,5,7H2,(H,15,19)/t9-/m1/s1. The maximum absolute atomic E-state index is 12.0. The summed E-state index contributed by atoms with van der Waals surface area (Å²) in [6.07, 6.45) is 2.08. The summed E-state index contributed by atoms with van der Waals surface area (Å²) in [5.41, 5.74) is 1.15. The van der Waals surface area contributed by atoms with Gasteiger partial charge in [0.25, 0.3) is 5.91 Å². The first-order valence-corrected chi connectivity index (χ1v) is 6.80. The minimum Gasteiger partial charge on any atom is -0.376 e. The fourth-order valence-electron chi connectivity index (χ4n) is 2.10. The summed E-state index contributed by atoms with van der Waals surface area (Å²) in [7, 11) is 0. The maximum atomic E-state index is 12.0. The van der Waals surface area contributed by atoms with E-state index in [1.165, 1.54) is 0 Å². The number of fused-ring (bicyclic) bond motifs is 1. The number of carbonyl (C=O) groups excluding carboxylic acids is 1. The van der Waals surface area contributed by atoms with Gasteiger partial charge in [-0.25, -0.2) is 4.98 Å². The number of aromatic nitrogens is 3. The second-order valence-electron chi connectivity index (χ2n) is 4.61. The van der Waals surface area contributed by atoms with Gasteiger partial charge in [-0.2, -0.15) is 0 Å². The third-order valence-corrected chi connectivity index (χ3v) is 3.37. The van der Waals surface area contributed by atoms with Crippen molar-refractivity contribution in [3.63, 3.8) is 0 Å². The molecule has 0 saturated carbocycles. The predicted octanol–water partition coefficient (Wildman–Crippen LogP) is 1.59. The van der Waals surface area contributed by atoms with Crippen molar-refractivity contribution in [2.24, 2.45) is 0 Å². The Morgan fingerprint density at radius 3 is 3.10 bits per heavy atom. The lowest BCUT2D eigenvalue weighted by molar-refractivity contribution is 0.0848. The molecular formula is C13H13ClN4O2. The summed E-state index contributed by atoms with van der Waals surface area (Å²) < 4.78 is 5.44. The van der Waals surface area contributed by atoms with Gasteiger partial charge in [0, 0.05) is 18.2 Å². The minimum atomic E-state index is -0.352. The zero-order valence-electron chi connectivity index (χ0n) is 10.7. The molecule has 104 valence electrons. The molecule has 0 spiro atoms. The Balaban J connectivity index is 1.73. The molecule has 0 aliphatic carbocycles. The van der Waals surface area contributed by atoms with Crippen molar-refractivity contribution in [3.05, 3.63) is 29.0 Å². The van der Waals surface area contributed by atoms with Gasteiger partial charge in [0.05, 0.1) is 11.6 Å². The first kappa shape index (κ1) is 13.2. The smallest absolute Gasteiger partial charge is 0.291 e. The fraction of sp³-hybridized carbons (Fsp3) is 0.385. The van der Waals surface area contributed by atoms with E-state index in [1.807, 2.05) is 0 Å². The number of ether oxygens (including phenoxy) is 1. The van der Waals surface area contributed by atoms with Crippen LogP contribution in [0.1, 0.15) is 23.5 Å². The van der Waals surface area contributed by atoms with E-state index in [-0.39, 0.29) is 17.8 Å². The number of benzene rings is 1. The molecule has 3 rings (SSSR count). The first-order chi connectivity index (χ1) is 9.72. The van der Waals surface area contributed by atoms with Gasteiger partial charge < -0.3 is 10.1 Å². The molecule has 6 nitrogen and oxygen atoms in total. The topological polar surface area (TPSA) is 77.0 Å². The Bertz CT molecular complexity index is 643. The highest BCUT2D eigenvalue weighted by Crippen LogP contribution is 2.15. The number of amides is 1. The van der Waals surface area contributed by atoms with E-state index in [0.29, 0.717) is 22.6 Å². The summed E-state index contributed by atoms with van der Waals surface area (Å²) in [5.74, 6) is -0.312. The molecule has 1 saturated heterocycles. The molecule has 1 aromatic heterocycles. The Morgan fingerprint density at radius 1 is 1.40 bits per heavy atom. The molecule has 1 fully saturated rings. The van der Waals surface area contributed by atoms with E-state index in [4.69, 9.17) is 16.3 Å². The summed E-state index contributed by atoms with van der Waals surface area (Å²) in [6, 6.07) is 5.07. The van der Waals surface area contributed by atoms with E-state index in [2.05, 4.69) is 20.5 Å². The zero-order valence-corrected chi connectivity index (χ0v) is 11.4. The molecule has 0 radical (unpaired) electrons. The summed E-state index contributed by atoms with van der Waals surface area (Å²) >= 11 is 5.89. The van der Waals surface area contributed by atoms with E-state index >= 15 is 0 Å². The molecule has 0 bridgehead atoms. The van der Waals surface area contributed by atoms with Gasteiger partial charge >= 0.3 is 0 Å². The Hall–Kier alpha value is -1.79. The summed E-state index contributed by atoms with van der Waals surface area (Å²) in [4.78, 5) is 16.1. The highest BCUT2D eigenvalue weighted by atomic mass is 35.5. The summed E-state index contributed by atoms with van der Waals surface area (Å²) in [5, 5.41) is 11.1. The lowest BCUT2D eigenvalue weighted by Crippen LogP contribution is -2.33. The van der Waals surface area contributed by atoms with Crippen LogP contribution in [0.5, 0.6) is 0 Å². The van der Waals surface area contributed by atoms with Gasteiger partial charge in [-0.3, -0.25) is 4.79 Å². The normalized spacial score (nSPS) is 18.4. The van der Waals surface area contributed by atoms with Crippen molar-refractivity contribution in [3.8, 4) is 0 Å². The van der Waals surface area contributed by atoms with Crippen molar-refractivity contribution >= 4 is 28.5 Å². The van der Waals surface area contributed by atoms with E-state index < -0.39 is 0 Å². The van der Waals surface area contributed by atoms with Crippen LogP contribution in [0.15, 0.2) is 18.2 Å². The van der Waals surface area contributed by atoms with Crippen molar-refractivity contribution in [1.29, 1.82) is 0 Å². The number of hydrogen-bond donors (Lipinski definition) is 1. The molecule has 2 aromatic rings. The zero-order chi connectivity index (χ0) is 13.9. The minimum absolute atomic E-state index is 0.0396. The van der Waals surface area contributed by atoms with Gasteiger partial charge in [0.2, 0.25) is 5.82 Å². The monoisotopic (exact) mass is 292 g/mol. The Morgan fingerprint density at radius 2 is 2.30 bits per heavy atom. The number of nitrogens with one attached hydrogen (secondary N) is 1. The summed E-state index contributed by atoms with van der Waals surface area (Å²) in [6.45, 7) is 1.23. The van der Waals surface area contributed by atoms with Crippen LogP contribution >= 0.6 is 11.6 Å². The van der Waals surface area contributed by atoms with Crippen molar-refractivity contribution < 1.29 is 9.53 Å². The largest absolute Gasteiger partial charge is 0.376 e. The van der Waals surface area contributed by atoms with Crippen LogP contribution in [-0.2, 0) is 4.74 Å². The van der Waals surface area contributed by atoms with E-state index in [1.54, 1.807) is 18.2 Å². The second-order valence-corrected chi connectivity index (χ2v) is 5.05. The first-order valence-electron chi connectivity index (χ1n) is 6.42. The van der Waals surface area contributed by atoms with Crippen molar-refractivity contribution in [2.75, 3.05) is 13.2 Å². The maximum Gasteiger partial charge on any atom is 0.291 e. The number of rotatable bonds is 3. The number of halogens is 1. The average molecular weight is 293 g/mol. The van der Waals surface area contributed by atoms with Gasteiger partial charge in [0.1, 0.15) is 5.52 Å². The Labute approximate surface area is 120 Å². The molecule has 1 atom stereocenters. The van der Waals surface area contributed by atoms with Crippen LogP contribution in [0, 0.1) is 0 Å². The Kier molecular flexibility index (Phi) is 3.75. The number of hydrogen-bond acceptors (Lipinski definition) is 5. The van der Waals surface area contributed by atoms with Crippen molar-refractivity contribution in [2.45, 2.75) is 18.9 Å². The van der Waals surface area contributed by atoms with Crippen LogP contribution < -0.4 is 5.32 Å². The molecule has 0 unspecified atom stereocenters. The number of carbonyl (C=O) groups is 1. The molecule has 1 aliphatic heterocycles. The average Bonchev–Trinajstić information content (AvgIpc) is 2.97. The second kappa shape index (κ2) is 5.68. The van der Waals surface area contributed by atoms with E-state index in [0.717, 1.165) is 19.4 Å². The van der Waals surface area contributed by atoms with Crippen LogP contribution in [0.4, 0.5) is 0 Å². The lowest BCUT2D eigenvalue weighted by atomic mass is 10.2. The van der Waals surface area contributed by atoms with Crippen LogP contribution in [0.3, 0.4) is 0 Å².